The van der Waals surface area contributed by atoms with Crippen LogP contribution in [0.5, 0.6) is 0 Å². The van der Waals surface area contributed by atoms with Crippen LogP contribution in [0.4, 0.5) is 4.79 Å². The molecule has 26 heavy (non-hydrogen) atoms. The summed E-state index contributed by atoms with van der Waals surface area (Å²) in [7, 11) is -3.67. The molecule has 146 valence electrons. The molecule has 1 aliphatic rings. The first kappa shape index (κ1) is 20.7. The first-order valence-corrected chi connectivity index (χ1v) is 10.3. The molecule has 0 aliphatic carbocycles. The fourth-order valence-corrected chi connectivity index (χ4v) is 3.42. The maximum absolute atomic E-state index is 12.4. The van der Waals surface area contributed by atoms with Crippen LogP contribution in [0, 0.1) is 5.92 Å². The van der Waals surface area contributed by atoms with E-state index in [1.165, 1.54) is 4.90 Å². The zero-order chi connectivity index (χ0) is 19.6. The van der Waals surface area contributed by atoms with Crippen molar-refractivity contribution in [1.82, 2.24) is 4.90 Å². The van der Waals surface area contributed by atoms with Crippen molar-refractivity contribution in [2.75, 3.05) is 26.0 Å². The summed E-state index contributed by atoms with van der Waals surface area (Å²) >= 11 is 0. The van der Waals surface area contributed by atoms with E-state index in [0.29, 0.717) is 12.1 Å². The lowest BCUT2D eigenvalue weighted by Crippen LogP contribution is -2.54. The van der Waals surface area contributed by atoms with E-state index < -0.39 is 33.3 Å². The van der Waals surface area contributed by atoms with E-state index >= 15 is 0 Å². The molecule has 0 bridgehead atoms. The maximum Gasteiger partial charge on any atom is 0.410 e. The second-order valence-electron chi connectivity index (χ2n) is 7.65. The summed E-state index contributed by atoms with van der Waals surface area (Å²) in [5, 5.41) is 11.3. The molecule has 1 aliphatic heterocycles. The molecule has 8 heteroatoms. The second kappa shape index (κ2) is 7.54. The van der Waals surface area contributed by atoms with Crippen molar-refractivity contribution < 1.29 is 27.2 Å². The normalized spacial score (nSPS) is 24.3. The largest absolute Gasteiger partial charge is 0.444 e. The number of piperidine rings is 1. The van der Waals surface area contributed by atoms with Crippen molar-refractivity contribution in [2.45, 2.75) is 38.4 Å². The van der Waals surface area contributed by atoms with E-state index in [0.717, 1.165) is 6.26 Å². The molecule has 0 saturated carbocycles. The zero-order valence-corrected chi connectivity index (χ0v) is 16.5. The highest BCUT2D eigenvalue weighted by Gasteiger charge is 2.45. The van der Waals surface area contributed by atoms with Crippen molar-refractivity contribution >= 4 is 16.2 Å². The molecule has 1 N–H and O–H groups in total. The van der Waals surface area contributed by atoms with Gasteiger partial charge in [-0.25, -0.2) is 4.79 Å². The third-order valence-corrected chi connectivity index (χ3v) is 4.85. The predicted octanol–water partition coefficient (Wildman–Crippen LogP) is 2.11. The van der Waals surface area contributed by atoms with E-state index in [1.807, 2.05) is 18.2 Å². The Morgan fingerprint density at radius 2 is 1.92 bits per heavy atom. The monoisotopic (exact) mass is 385 g/mol. The average Bonchev–Trinajstić information content (AvgIpc) is 2.52. The number of hydrogen-bond acceptors (Lipinski definition) is 6. The minimum atomic E-state index is -3.67. The van der Waals surface area contributed by atoms with Crippen molar-refractivity contribution in [3.05, 3.63) is 35.9 Å². The van der Waals surface area contributed by atoms with Crippen molar-refractivity contribution in [3.63, 3.8) is 0 Å². The number of amides is 1. The van der Waals surface area contributed by atoms with Gasteiger partial charge in [0.1, 0.15) is 5.60 Å². The summed E-state index contributed by atoms with van der Waals surface area (Å²) in [6.45, 7) is 5.55. The third kappa shape index (κ3) is 5.43. The van der Waals surface area contributed by atoms with Gasteiger partial charge >= 0.3 is 6.09 Å². The first-order chi connectivity index (χ1) is 11.9. The molecule has 1 fully saturated rings. The fourth-order valence-electron chi connectivity index (χ4n) is 3.01. The number of likely N-dealkylation sites (tertiary alicyclic amines) is 1. The highest BCUT2D eigenvalue weighted by molar-refractivity contribution is 7.85. The molecule has 2 atom stereocenters. The summed E-state index contributed by atoms with van der Waals surface area (Å²) in [5.41, 5.74) is -1.25. The van der Waals surface area contributed by atoms with E-state index in [9.17, 15) is 18.3 Å². The van der Waals surface area contributed by atoms with E-state index in [4.69, 9.17) is 8.92 Å². The Labute approximate surface area is 155 Å². The van der Waals surface area contributed by atoms with Gasteiger partial charge in [0.2, 0.25) is 0 Å². The minimum absolute atomic E-state index is 0.135. The summed E-state index contributed by atoms with van der Waals surface area (Å²) < 4.78 is 33.2. The van der Waals surface area contributed by atoms with Crippen LogP contribution >= 0.6 is 0 Å². The Balaban J connectivity index is 2.24. The lowest BCUT2D eigenvalue weighted by molar-refractivity contribution is -0.0907. The lowest BCUT2D eigenvalue weighted by atomic mass is 9.76. The Morgan fingerprint density at radius 1 is 1.31 bits per heavy atom. The summed E-state index contributed by atoms with van der Waals surface area (Å²) in [4.78, 5) is 13.9. The number of carbonyl (C=O) groups is 1. The van der Waals surface area contributed by atoms with Gasteiger partial charge in [0, 0.05) is 19.0 Å². The highest BCUT2D eigenvalue weighted by atomic mass is 32.2. The van der Waals surface area contributed by atoms with Gasteiger partial charge in [-0.1, -0.05) is 30.3 Å². The Kier molecular flexibility index (Phi) is 5.99. The fraction of sp³-hybridized carbons (Fsp3) is 0.611. The molecule has 1 amide bonds. The van der Waals surface area contributed by atoms with Crippen LogP contribution in [-0.2, 0) is 24.6 Å². The van der Waals surface area contributed by atoms with Gasteiger partial charge in [0.05, 0.1) is 18.5 Å². The standard InChI is InChI=1S/C18H27NO6S/c1-17(2,3)25-16(20)19-11-10-18(21,14-8-6-5-7-9-14)15(12-19)13-24-26(4,22)23/h5-9,15,21H,10-13H2,1-4H3. The number of aliphatic hydroxyl groups is 1. The van der Waals surface area contributed by atoms with Crippen LogP contribution in [0.15, 0.2) is 30.3 Å². The second-order valence-corrected chi connectivity index (χ2v) is 9.30. The molecule has 0 spiro atoms. The van der Waals surface area contributed by atoms with E-state index in [2.05, 4.69) is 0 Å². The number of benzene rings is 1. The topological polar surface area (TPSA) is 93.1 Å². The molecule has 1 saturated heterocycles. The number of nitrogens with zero attached hydrogens (tertiary/aromatic N) is 1. The van der Waals surface area contributed by atoms with Gasteiger partial charge in [-0.2, -0.15) is 8.42 Å². The summed E-state index contributed by atoms with van der Waals surface area (Å²) in [6.07, 6.45) is 0.730. The number of ether oxygens (including phenoxy) is 1. The van der Waals surface area contributed by atoms with E-state index in [1.54, 1.807) is 32.9 Å². The van der Waals surface area contributed by atoms with Crippen LogP contribution in [-0.4, -0.2) is 56.1 Å². The van der Waals surface area contributed by atoms with Gasteiger partial charge < -0.3 is 14.7 Å². The Hall–Kier alpha value is -1.64. The van der Waals surface area contributed by atoms with Crippen molar-refractivity contribution in [1.29, 1.82) is 0 Å². The van der Waals surface area contributed by atoms with Gasteiger partial charge in [0.25, 0.3) is 10.1 Å². The Morgan fingerprint density at radius 3 is 2.46 bits per heavy atom. The summed E-state index contributed by atoms with van der Waals surface area (Å²) in [6, 6.07) is 9.03. The molecule has 1 aromatic rings. The molecule has 2 unspecified atom stereocenters. The molecular formula is C18H27NO6S. The minimum Gasteiger partial charge on any atom is -0.444 e. The van der Waals surface area contributed by atoms with Crippen molar-refractivity contribution in [2.24, 2.45) is 5.92 Å². The number of hydrogen-bond donors (Lipinski definition) is 1. The number of rotatable bonds is 4. The lowest BCUT2D eigenvalue weighted by Gasteiger charge is -2.44. The van der Waals surface area contributed by atoms with Gasteiger partial charge in [-0.3, -0.25) is 4.18 Å². The maximum atomic E-state index is 12.4. The number of carbonyl (C=O) groups excluding carboxylic acids is 1. The van der Waals surface area contributed by atoms with Gasteiger partial charge in [-0.05, 0) is 32.8 Å². The highest BCUT2D eigenvalue weighted by Crippen LogP contribution is 2.38. The Bertz CT molecular complexity index is 728. The smallest absolute Gasteiger partial charge is 0.410 e. The molecular weight excluding hydrogens is 358 g/mol. The van der Waals surface area contributed by atoms with Crippen LogP contribution in [0.1, 0.15) is 32.8 Å². The van der Waals surface area contributed by atoms with E-state index in [-0.39, 0.29) is 19.6 Å². The van der Waals surface area contributed by atoms with Gasteiger partial charge in [-0.15, -0.1) is 0 Å². The van der Waals surface area contributed by atoms with Crippen LogP contribution in [0.3, 0.4) is 0 Å². The molecule has 1 heterocycles. The first-order valence-electron chi connectivity index (χ1n) is 8.51. The van der Waals surface area contributed by atoms with Crippen LogP contribution < -0.4 is 0 Å². The molecule has 7 nitrogen and oxygen atoms in total. The zero-order valence-electron chi connectivity index (χ0n) is 15.6. The third-order valence-electron chi connectivity index (χ3n) is 4.29. The van der Waals surface area contributed by atoms with Crippen LogP contribution in [0.25, 0.3) is 0 Å². The summed E-state index contributed by atoms with van der Waals surface area (Å²) in [5.74, 6) is -0.610. The molecule has 0 aromatic heterocycles. The molecule has 0 radical (unpaired) electrons. The predicted molar refractivity (Wildman–Crippen MR) is 97.0 cm³/mol. The molecule has 2 rings (SSSR count). The van der Waals surface area contributed by atoms with Crippen LogP contribution in [0.2, 0.25) is 0 Å². The van der Waals surface area contributed by atoms with Crippen molar-refractivity contribution in [3.8, 4) is 0 Å². The SMILES string of the molecule is CC(C)(C)OC(=O)N1CCC(O)(c2ccccc2)C(COS(C)(=O)=O)C1. The quantitative estimate of drug-likeness (QED) is 0.798. The molecule has 1 aromatic carbocycles. The van der Waals surface area contributed by atoms with Gasteiger partial charge in [0.15, 0.2) is 0 Å². The average molecular weight is 385 g/mol.